The van der Waals surface area contributed by atoms with E-state index in [-0.39, 0.29) is 5.56 Å². The molecule has 162 valence electrons. The summed E-state index contributed by atoms with van der Waals surface area (Å²) in [5, 5.41) is 13.2. The number of aromatic nitrogens is 5. The van der Waals surface area contributed by atoms with E-state index in [2.05, 4.69) is 25.3 Å². The van der Waals surface area contributed by atoms with Crippen molar-refractivity contribution in [2.24, 2.45) is 7.05 Å². The van der Waals surface area contributed by atoms with E-state index in [1.54, 1.807) is 31.0 Å². The molecule has 0 aromatic carbocycles. The van der Waals surface area contributed by atoms with Gasteiger partial charge in [-0.25, -0.2) is 14.8 Å². The van der Waals surface area contributed by atoms with Crippen molar-refractivity contribution in [2.45, 2.75) is 6.42 Å². The van der Waals surface area contributed by atoms with E-state index >= 15 is 0 Å². The van der Waals surface area contributed by atoms with Crippen molar-refractivity contribution >= 4 is 45.5 Å². The summed E-state index contributed by atoms with van der Waals surface area (Å²) in [6, 6.07) is 3.76. The molecule has 3 N–H and O–H groups in total. The first-order chi connectivity index (χ1) is 15.5. The van der Waals surface area contributed by atoms with Gasteiger partial charge in [-0.2, -0.15) is 0 Å². The lowest BCUT2D eigenvalue weighted by Crippen LogP contribution is -2.33. The minimum absolute atomic E-state index is 0.101. The van der Waals surface area contributed by atoms with Crippen molar-refractivity contribution in [3.8, 4) is 10.4 Å². The van der Waals surface area contributed by atoms with Gasteiger partial charge in [0.2, 0.25) is 0 Å². The summed E-state index contributed by atoms with van der Waals surface area (Å²) >= 11 is 1.41. The molecule has 1 amide bonds. The summed E-state index contributed by atoms with van der Waals surface area (Å²) < 4.78 is 1.53. The standard InChI is InChI=1S/C21H19N7O3S/c1-27-9-13(6-14(20(27)29)17-8-22-11-32-17)25-18-15-7-16(26-19(15)24-10-23-18)12-2-4-28(5-3-12)21(30)31/h2,6-11H,3-5H2,1H3,(H,30,31)(H2,23,24,25,26). The molecule has 0 unspecified atom stereocenters. The Morgan fingerprint density at radius 3 is 2.91 bits per heavy atom. The lowest BCUT2D eigenvalue weighted by atomic mass is 10.1. The highest BCUT2D eigenvalue weighted by molar-refractivity contribution is 7.13. The fourth-order valence-corrected chi connectivity index (χ4v) is 4.37. The summed E-state index contributed by atoms with van der Waals surface area (Å²) in [5.41, 5.74) is 5.48. The maximum Gasteiger partial charge on any atom is 0.407 e. The smallest absolute Gasteiger partial charge is 0.407 e. The Bertz CT molecular complexity index is 1400. The fraction of sp³-hybridized carbons (Fsp3) is 0.190. The molecule has 5 heterocycles. The van der Waals surface area contributed by atoms with Gasteiger partial charge in [0.1, 0.15) is 17.8 Å². The molecule has 32 heavy (non-hydrogen) atoms. The van der Waals surface area contributed by atoms with Gasteiger partial charge in [0.15, 0.2) is 0 Å². The second kappa shape index (κ2) is 7.93. The summed E-state index contributed by atoms with van der Waals surface area (Å²) in [6.45, 7) is 0.806. The molecule has 0 saturated carbocycles. The minimum atomic E-state index is -0.913. The number of H-pyrrole nitrogens is 1. The van der Waals surface area contributed by atoms with Crippen LogP contribution < -0.4 is 10.9 Å². The first-order valence-corrected chi connectivity index (χ1v) is 10.7. The van der Waals surface area contributed by atoms with Crippen LogP contribution in [0.5, 0.6) is 0 Å². The average Bonchev–Trinajstić information content (AvgIpc) is 3.47. The lowest BCUT2D eigenvalue weighted by Gasteiger charge is -2.23. The molecule has 0 fully saturated rings. The van der Waals surface area contributed by atoms with Crippen LogP contribution in [-0.4, -0.2) is 53.7 Å². The van der Waals surface area contributed by atoms with Crippen LogP contribution in [0.15, 0.2) is 47.2 Å². The highest BCUT2D eigenvalue weighted by atomic mass is 32.1. The molecule has 4 aromatic heterocycles. The molecule has 0 bridgehead atoms. The van der Waals surface area contributed by atoms with E-state index < -0.39 is 6.09 Å². The normalized spacial score (nSPS) is 13.9. The molecule has 5 rings (SSSR count). The van der Waals surface area contributed by atoms with Crippen LogP contribution in [0.1, 0.15) is 12.1 Å². The van der Waals surface area contributed by atoms with Gasteiger partial charge in [0, 0.05) is 38.2 Å². The molecule has 0 radical (unpaired) electrons. The van der Waals surface area contributed by atoms with Gasteiger partial charge in [-0.3, -0.25) is 9.78 Å². The first kappa shape index (κ1) is 19.9. The Morgan fingerprint density at radius 1 is 1.31 bits per heavy atom. The average molecular weight is 449 g/mol. The van der Waals surface area contributed by atoms with Crippen LogP contribution in [0.3, 0.4) is 0 Å². The van der Waals surface area contributed by atoms with E-state index in [1.165, 1.54) is 27.1 Å². The number of pyridine rings is 1. The quantitative estimate of drug-likeness (QED) is 0.436. The van der Waals surface area contributed by atoms with Crippen molar-refractivity contribution in [2.75, 3.05) is 18.4 Å². The van der Waals surface area contributed by atoms with Crippen molar-refractivity contribution in [1.82, 2.24) is 29.4 Å². The molecule has 0 atom stereocenters. The van der Waals surface area contributed by atoms with Crippen molar-refractivity contribution < 1.29 is 9.90 Å². The number of hydrogen-bond acceptors (Lipinski definition) is 7. The molecule has 11 heteroatoms. The summed E-state index contributed by atoms with van der Waals surface area (Å²) in [5.74, 6) is 0.606. The molecule has 1 aliphatic heterocycles. The Hall–Kier alpha value is -3.99. The van der Waals surface area contributed by atoms with E-state index in [1.807, 2.05) is 12.1 Å². The number of amides is 1. The number of nitrogens with one attached hydrogen (secondary N) is 2. The molecule has 0 spiro atoms. The van der Waals surface area contributed by atoms with Gasteiger partial charge in [0.25, 0.3) is 5.56 Å². The first-order valence-electron chi connectivity index (χ1n) is 9.87. The van der Waals surface area contributed by atoms with E-state index in [4.69, 9.17) is 5.11 Å². The second-order valence-electron chi connectivity index (χ2n) is 7.42. The Morgan fingerprint density at radius 2 is 2.19 bits per heavy atom. The molecular formula is C21H19N7O3S. The van der Waals surface area contributed by atoms with Crippen molar-refractivity contribution in [3.05, 3.63) is 58.5 Å². The summed E-state index contributed by atoms with van der Waals surface area (Å²) in [4.78, 5) is 42.0. The van der Waals surface area contributed by atoms with Gasteiger partial charge >= 0.3 is 6.09 Å². The number of aromatic amines is 1. The van der Waals surface area contributed by atoms with Crippen LogP contribution in [0.4, 0.5) is 16.3 Å². The third kappa shape index (κ3) is 3.62. The monoisotopic (exact) mass is 449 g/mol. The number of nitrogens with zero attached hydrogens (tertiary/aromatic N) is 5. The van der Waals surface area contributed by atoms with Crippen molar-refractivity contribution in [1.29, 1.82) is 0 Å². The Kier molecular flexibility index (Phi) is 4.94. The molecule has 4 aromatic rings. The number of rotatable bonds is 4. The molecule has 0 saturated heterocycles. The number of carboxylic acid groups (broad SMARTS) is 1. The number of aryl methyl sites for hydroxylation is 1. The molecule has 10 nitrogen and oxygen atoms in total. The Labute approximate surface area is 185 Å². The number of fused-ring (bicyclic) bond motifs is 1. The van der Waals surface area contributed by atoms with E-state index in [9.17, 15) is 9.59 Å². The van der Waals surface area contributed by atoms with Crippen LogP contribution in [-0.2, 0) is 7.05 Å². The topological polar surface area (TPSA) is 129 Å². The third-order valence-electron chi connectivity index (χ3n) is 5.40. The van der Waals surface area contributed by atoms with E-state index in [0.717, 1.165) is 21.5 Å². The van der Waals surface area contributed by atoms with Gasteiger partial charge in [-0.1, -0.05) is 6.08 Å². The SMILES string of the molecule is Cn1cc(Nc2ncnc3[nH]c(C4=CCN(C(=O)O)CC4)cc23)cc(-c2cncs2)c1=O. The van der Waals surface area contributed by atoms with Crippen LogP contribution in [0, 0.1) is 0 Å². The highest BCUT2D eigenvalue weighted by Crippen LogP contribution is 2.30. The number of hydrogen-bond donors (Lipinski definition) is 3. The number of anilines is 2. The van der Waals surface area contributed by atoms with Gasteiger partial charge in [-0.15, -0.1) is 11.3 Å². The maximum atomic E-state index is 12.6. The van der Waals surface area contributed by atoms with Crippen LogP contribution >= 0.6 is 11.3 Å². The zero-order chi connectivity index (χ0) is 22.2. The predicted octanol–water partition coefficient (Wildman–Crippen LogP) is 3.29. The number of carbonyl (C=O) groups is 1. The van der Waals surface area contributed by atoms with Gasteiger partial charge in [0.05, 0.1) is 27.0 Å². The third-order valence-corrected chi connectivity index (χ3v) is 6.20. The predicted molar refractivity (Wildman–Crippen MR) is 122 cm³/mol. The molecular weight excluding hydrogens is 430 g/mol. The van der Waals surface area contributed by atoms with E-state index in [0.29, 0.717) is 42.2 Å². The summed E-state index contributed by atoms with van der Waals surface area (Å²) in [7, 11) is 1.71. The fourth-order valence-electron chi connectivity index (χ4n) is 3.74. The number of thiazole rings is 1. The molecule has 1 aliphatic rings. The lowest BCUT2D eigenvalue weighted by molar-refractivity contribution is 0.150. The van der Waals surface area contributed by atoms with Crippen molar-refractivity contribution in [3.63, 3.8) is 0 Å². The zero-order valence-electron chi connectivity index (χ0n) is 17.1. The van der Waals surface area contributed by atoms with Gasteiger partial charge in [-0.05, 0) is 24.1 Å². The largest absolute Gasteiger partial charge is 0.465 e. The highest BCUT2D eigenvalue weighted by Gasteiger charge is 2.19. The van der Waals surface area contributed by atoms with Crippen LogP contribution in [0.25, 0.3) is 27.0 Å². The maximum absolute atomic E-state index is 12.6. The molecule has 0 aliphatic carbocycles. The second-order valence-corrected chi connectivity index (χ2v) is 8.31. The zero-order valence-corrected chi connectivity index (χ0v) is 17.9. The van der Waals surface area contributed by atoms with Crippen LogP contribution in [0.2, 0.25) is 0 Å². The van der Waals surface area contributed by atoms with Gasteiger partial charge < -0.3 is 24.9 Å². The Balaban J connectivity index is 1.49. The minimum Gasteiger partial charge on any atom is -0.465 e. The summed E-state index contributed by atoms with van der Waals surface area (Å²) in [6.07, 6.45) is 6.49.